The van der Waals surface area contributed by atoms with Crippen molar-refractivity contribution in [1.82, 2.24) is 16.0 Å². The van der Waals surface area contributed by atoms with Crippen molar-refractivity contribution in [2.45, 2.75) is 25.8 Å². The Labute approximate surface area is 169 Å². The lowest BCUT2D eigenvalue weighted by Gasteiger charge is -2.18. The summed E-state index contributed by atoms with van der Waals surface area (Å²) in [4.78, 5) is 35.3. The average molecular weight is 398 g/mol. The van der Waals surface area contributed by atoms with Crippen LogP contribution in [0, 0.1) is 0 Å². The van der Waals surface area contributed by atoms with Crippen molar-refractivity contribution in [2.75, 3.05) is 13.1 Å². The molecule has 0 saturated heterocycles. The van der Waals surface area contributed by atoms with E-state index in [0.717, 1.165) is 6.42 Å². The number of amides is 4. The van der Waals surface area contributed by atoms with Crippen molar-refractivity contribution in [3.8, 4) is 11.5 Å². The number of carbonyl (C=O) groups is 3. The molecule has 0 unspecified atom stereocenters. The van der Waals surface area contributed by atoms with E-state index in [-0.39, 0.29) is 24.8 Å². The monoisotopic (exact) mass is 398 g/mol. The van der Waals surface area contributed by atoms with Crippen molar-refractivity contribution in [2.24, 2.45) is 5.73 Å². The number of ether oxygens (including phenoxy) is 1. The topological polar surface area (TPSA) is 123 Å². The molecule has 8 heteroatoms. The van der Waals surface area contributed by atoms with Gasteiger partial charge in [-0.3, -0.25) is 9.59 Å². The maximum absolute atomic E-state index is 12.2. The second-order valence-electron chi connectivity index (χ2n) is 6.38. The highest BCUT2D eigenvalue weighted by molar-refractivity contribution is 5.85. The van der Waals surface area contributed by atoms with Gasteiger partial charge in [0, 0.05) is 6.54 Å². The minimum Gasteiger partial charge on any atom is -0.457 e. The Kier molecular flexibility index (Phi) is 8.50. The Bertz CT molecular complexity index is 826. The molecule has 0 spiro atoms. The van der Waals surface area contributed by atoms with Crippen LogP contribution in [0.1, 0.15) is 31.4 Å². The van der Waals surface area contributed by atoms with Crippen molar-refractivity contribution in [3.05, 3.63) is 60.2 Å². The van der Waals surface area contributed by atoms with Crippen LogP contribution in [0.15, 0.2) is 54.6 Å². The normalized spacial score (nSPS) is 11.2. The van der Waals surface area contributed by atoms with Crippen LogP contribution in [0.5, 0.6) is 11.5 Å². The van der Waals surface area contributed by atoms with Crippen LogP contribution in [0.2, 0.25) is 0 Å². The molecule has 0 aromatic heterocycles. The van der Waals surface area contributed by atoms with Gasteiger partial charge in [0.25, 0.3) is 0 Å². The van der Waals surface area contributed by atoms with Crippen molar-refractivity contribution in [3.63, 3.8) is 0 Å². The summed E-state index contributed by atoms with van der Waals surface area (Å²) < 4.78 is 5.80. The van der Waals surface area contributed by atoms with Gasteiger partial charge < -0.3 is 26.4 Å². The standard InChI is InChI=1S/C21H26N4O4/c1-2-11-23-20(27)14-24-19(26)13-18(25-21(22)28)15-7-6-10-17(12-15)29-16-8-4-3-5-9-16/h3-10,12,18H,2,11,13-14H2,1H3,(H,23,27)(H,24,26)(H3,22,25,28)/t18-/m1/s1. The van der Waals surface area contributed by atoms with Crippen LogP contribution < -0.4 is 26.4 Å². The fourth-order valence-electron chi connectivity index (χ4n) is 2.61. The molecule has 0 radical (unpaired) electrons. The molecule has 1 atom stereocenters. The molecule has 29 heavy (non-hydrogen) atoms. The lowest BCUT2D eigenvalue weighted by molar-refractivity contribution is -0.126. The number of nitrogens with one attached hydrogen (secondary N) is 3. The van der Waals surface area contributed by atoms with E-state index in [1.54, 1.807) is 24.3 Å². The smallest absolute Gasteiger partial charge is 0.312 e. The molecule has 2 rings (SSSR count). The number of hydrogen-bond acceptors (Lipinski definition) is 4. The van der Waals surface area contributed by atoms with Gasteiger partial charge in [-0.05, 0) is 36.2 Å². The quantitative estimate of drug-likeness (QED) is 0.490. The summed E-state index contributed by atoms with van der Waals surface area (Å²) >= 11 is 0. The Morgan fingerprint density at radius 2 is 1.69 bits per heavy atom. The minimum atomic E-state index is -0.752. The van der Waals surface area contributed by atoms with Crippen molar-refractivity contribution in [1.29, 1.82) is 0 Å². The molecule has 0 aliphatic carbocycles. The number of primary amides is 1. The molecule has 0 aliphatic rings. The number of nitrogens with two attached hydrogens (primary N) is 1. The number of carbonyl (C=O) groups excluding carboxylic acids is 3. The zero-order chi connectivity index (χ0) is 21.1. The van der Waals surface area contributed by atoms with E-state index in [0.29, 0.717) is 23.6 Å². The highest BCUT2D eigenvalue weighted by Gasteiger charge is 2.18. The van der Waals surface area contributed by atoms with Gasteiger partial charge in [0.15, 0.2) is 0 Å². The molecule has 0 fully saturated rings. The van der Waals surface area contributed by atoms with E-state index < -0.39 is 12.1 Å². The SMILES string of the molecule is CCCNC(=O)CNC(=O)C[C@@H](NC(N)=O)c1cccc(Oc2ccccc2)c1. The summed E-state index contributed by atoms with van der Waals surface area (Å²) in [5.41, 5.74) is 5.92. The molecule has 154 valence electrons. The molecule has 0 aliphatic heterocycles. The van der Waals surface area contributed by atoms with Crippen LogP contribution in [-0.4, -0.2) is 30.9 Å². The first-order valence-corrected chi connectivity index (χ1v) is 9.40. The molecular formula is C21H26N4O4. The van der Waals surface area contributed by atoms with E-state index in [9.17, 15) is 14.4 Å². The van der Waals surface area contributed by atoms with Gasteiger partial charge in [0.1, 0.15) is 11.5 Å². The zero-order valence-electron chi connectivity index (χ0n) is 16.3. The minimum absolute atomic E-state index is 0.0706. The average Bonchev–Trinajstić information content (AvgIpc) is 2.71. The van der Waals surface area contributed by atoms with Crippen LogP contribution in [-0.2, 0) is 9.59 Å². The Hall–Kier alpha value is -3.55. The molecule has 2 aromatic carbocycles. The summed E-state index contributed by atoms with van der Waals surface area (Å²) in [6.07, 6.45) is 0.741. The van der Waals surface area contributed by atoms with Crippen molar-refractivity contribution >= 4 is 17.8 Å². The molecule has 0 bridgehead atoms. The van der Waals surface area contributed by atoms with E-state index >= 15 is 0 Å². The first-order valence-electron chi connectivity index (χ1n) is 9.40. The Balaban J connectivity index is 2.03. The highest BCUT2D eigenvalue weighted by Crippen LogP contribution is 2.25. The summed E-state index contributed by atoms with van der Waals surface area (Å²) in [5.74, 6) is 0.576. The fraction of sp³-hybridized carbons (Fsp3) is 0.286. The predicted molar refractivity (Wildman–Crippen MR) is 109 cm³/mol. The number of rotatable bonds is 10. The maximum atomic E-state index is 12.2. The van der Waals surface area contributed by atoms with E-state index in [1.165, 1.54) is 0 Å². The van der Waals surface area contributed by atoms with Crippen molar-refractivity contribution < 1.29 is 19.1 Å². The van der Waals surface area contributed by atoms with E-state index in [2.05, 4.69) is 16.0 Å². The third-order valence-electron chi connectivity index (χ3n) is 3.96. The third-order valence-corrected chi connectivity index (χ3v) is 3.96. The van der Waals surface area contributed by atoms with E-state index in [4.69, 9.17) is 10.5 Å². The number of para-hydroxylation sites is 1. The molecule has 0 heterocycles. The maximum Gasteiger partial charge on any atom is 0.312 e. The van der Waals surface area contributed by atoms with Gasteiger partial charge >= 0.3 is 6.03 Å². The highest BCUT2D eigenvalue weighted by atomic mass is 16.5. The molecule has 5 N–H and O–H groups in total. The summed E-state index contributed by atoms with van der Waals surface area (Å²) in [6, 6.07) is 14.9. The van der Waals surface area contributed by atoms with Crippen LogP contribution in [0.3, 0.4) is 0 Å². The second kappa shape index (κ2) is 11.3. The van der Waals surface area contributed by atoms with Gasteiger partial charge in [-0.1, -0.05) is 37.3 Å². The van der Waals surface area contributed by atoms with Crippen LogP contribution in [0.4, 0.5) is 4.79 Å². The van der Waals surface area contributed by atoms with Gasteiger partial charge in [-0.2, -0.15) is 0 Å². The number of hydrogen-bond donors (Lipinski definition) is 4. The first-order chi connectivity index (χ1) is 14.0. The van der Waals surface area contributed by atoms with Gasteiger partial charge in [0.05, 0.1) is 19.0 Å². The third kappa shape index (κ3) is 7.92. The van der Waals surface area contributed by atoms with Crippen LogP contribution >= 0.6 is 0 Å². The van der Waals surface area contributed by atoms with Gasteiger partial charge in [0.2, 0.25) is 11.8 Å². The van der Waals surface area contributed by atoms with Gasteiger partial charge in [-0.15, -0.1) is 0 Å². The fourth-order valence-corrected chi connectivity index (χ4v) is 2.61. The molecule has 0 saturated carbocycles. The number of benzene rings is 2. The lowest BCUT2D eigenvalue weighted by Crippen LogP contribution is -2.40. The number of urea groups is 1. The molecular weight excluding hydrogens is 372 g/mol. The molecule has 2 aromatic rings. The first kappa shape index (κ1) is 21.7. The largest absolute Gasteiger partial charge is 0.457 e. The van der Waals surface area contributed by atoms with E-state index in [1.807, 2.05) is 37.3 Å². The summed E-state index contributed by atoms with van der Waals surface area (Å²) in [5, 5.41) is 7.78. The van der Waals surface area contributed by atoms with Gasteiger partial charge in [-0.25, -0.2) is 4.79 Å². The zero-order valence-corrected chi connectivity index (χ0v) is 16.3. The second-order valence-corrected chi connectivity index (χ2v) is 6.38. The molecule has 8 nitrogen and oxygen atoms in total. The Morgan fingerprint density at radius 1 is 0.966 bits per heavy atom. The predicted octanol–water partition coefficient (Wildman–Crippen LogP) is 2.22. The van der Waals surface area contributed by atoms with Crippen LogP contribution in [0.25, 0.3) is 0 Å². The summed E-state index contributed by atoms with van der Waals surface area (Å²) in [7, 11) is 0. The summed E-state index contributed by atoms with van der Waals surface area (Å²) in [6.45, 7) is 2.36. The lowest BCUT2D eigenvalue weighted by atomic mass is 10.0. The Morgan fingerprint density at radius 3 is 2.38 bits per heavy atom. The molecule has 4 amide bonds.